The monoisotopic (exact) mass is 462 g/mol. The predicted octanol–water partition coefficient (Wildman–Crippen LogP) is 1.65. The molecule has 1 fully saturated rings. The van der Waals surface area contributed by atoms with Crippen LogP contribution in [0.5, 0.6) is 5.06 Å². The van der Waals surface area contributed by atoms with Crippen LogP contribution in [0.3, 0.4) is 0 Å². The third-order valence-electron chi connectivity index (χ3n) is 4.72. The Morgan fingerprint density at radius 1 is 1.35 bits per heavy atom. The summed E-state index contributed by atoms with van der Waals surface area (Å²) in [6.07, 6.45) is 0. The molecule has 1 unspecified atom stereocenters. The van der Waals surface area contributed by atoms with E-state index >= 15 is 0 Å². The standard InChI is InChI=1S/C20H19ClN4O5S/c1-29-20(28)15-9-24(18(27)11-30-19-5-4-16(21)31-19)10-17(26)25(15)8-12-2-3-13(7-22)14(23)6-12/h2-6,15H,8-11,23H2,1H3. The van der Waals surface area contributed by atoms with Crippen molar-refractivity contribution in [1.82, 2.24) is 9.80 Å². The Morgan fingerprint density at radius 3 is 2.74 bits per heavy atom. The van der Waals surface area contributed by atoms with Gasteiger partial charge < -0.3 is 25.0 Å². The maximum Gasteiger partial charge on any atom is 0.330 e. The number of hydrogen-bond acceptors (Lipinski definition) is 8. The van der Waals surface area contributed by atoms with Crippen LogP contribution in [0, 0.1) is 11.3 Å². The van der Waals surface area contributed by atoms with Crippen molar-refractivity contribution in [3.63, 3.8) is 0 Å². The summed E-state index contributed by atoms with van der Waals surface area (Å²) >= 11 is 7.02. The van der Waals surface area contributed by atoms with E-state index in [1.54, 1.807) is 30.3 Å². The molecule has 0 spiro atoms. The van der Waals surface area contributed by atoms with Gasteiger partial charge in [0.05, 0.1) is 30.1 Å². The number of anilines is 1. The molecule has 2 heterocycles. The van der Waals surface area contributed by atoms with Crippen LogP contribution in [0.1, 0.15) is 11.1 Å². The van der Waals surface area contributed by atoms with Gasteiger partial charge in [-0.3, -0.25) is 9.59 Å². The highest BCUT2D eigenvalue weighted by Crippen LogP contribution is 2.28. The van der Waals surface area contributed by atoms with Gasteiger partial charge in [-0.1, -0.05) is 29.0 Å². The molecule has 1 aromatic heterocycles. The van der Waals surface area contributed by atoms with E-state index in [-0.39, 0.29) is 31.9 Å². The summed E-state index contributed by atoms with van der Waals surface area (Å²) < 4.78 is 10.8. The van der Waals surface area contributed by atoms with Gasteiger partial charge in [-0.25, -0.2) is 4.79 Å². The molecular weight excluding hydrogens is 444 g/mol. The minimum absolute atomic E-state index is 0.0302. The summed E-state index contributed by atoms with van der Waals surface area (Å²) in [5, 5.41) is 9.49. The largest absolute Gasteiger partial charge is 0.474 e. The number of thiophene rings is 1. The molecule has 11 heteroatoms. The van der Waals surface area contributed by atoms with Crippen molar-refractivity contribution in [3.05, 3.63) is 45.8 Å². The first-order valence-corrected chi connectivity index (χ1v) is 10.3. The lowest BCUT2D eigenvalue weighted by Gasteiger charge is -2.39. The van der Waals surface area contributed by atoms with Crippen LogP contribution in [0.15, 0.2) is 30.3 Å². The van der Waals surface area contributed by atoms with Gasteiger partial charge in [0, 0.05) is 12.2 Å². The first kappa shape index (κ1) is 22.4. The van der Waals surface area contributed by atoms with Gasteiger partial charge in [0.1, 0.15) is 12.1 Å². The van der Waals surface area contributed by atoms with Crippen molar-refractivity contribution >= 4 is 46.4 Å². The Kier molecular flexibility index (Phi) is 6.99. The fourth-order valence-electron chi connectivity index (χ4n) is 3.13. The average Bonchev–Trinajstić information content (AvgIpc) is 3.17. The maximum absolute atomic E-state index is 12.8. The Hall–Kier alpha value is -3.29. The van der Waals surface area contributed by atoms with Crippen LogP contribution in [-0.2, 0) is 25.7 Å². The molecule has 3 rings (SSSR count). The van der Waals surface area contributed by atoms with E-state index in [1.165, 1.54) is 28.2 Å². The Labute approximate surface area is 187 Å². The van der Waals surface area contributed by atoms with Crippen LogP contribution in [0.4, 0.5) is 5.69 Å². The number of nitrogens with zero attached hydrogens (tertiary/aromatic N) is 3. The second-order valence-corrected chi connectivity index (χ2v) is 8.39. The average molecular weight is 463 g/mol. The number of piperazine rings is 1. The molecule has 2 amide bonds. The molecule has 2 N–H and O–H groups in total. The lowest BCUT2D eigenvalue weighted by molar-refractivity contribution is -0.162. The summed E-state index contributed by atoms with van der Waals surface area (Å²) in [6.45, 7) is -0.435. The smallest absolute Gasteiger partial charge is 0.330 e. The number of nitriles is 1. The number of halogens is 1. The molecule has 0 radical (unpaired) electrons. The zero-order chi connectivity index (χ0) is 22.5. The van der Waals surface area contributed by atoms with Gasteiger partial charge in [-0.15, -0.1) is 0 Å². The zero-order valence-electron chi connectivity index (χ0n) is 16.5. The summed E-state index contributed by atoms with van der Waals surface area (Å²) in [6, 6.07) is 9.08. The molecule has 31 heavy (non-hydrogen) atoms. The van der Waals surface area contributed by atoms with Crippen LogP contribution < -0.4 is 10.5 Å². The number of ether oxygens (including phenoxy) is 2. The highest BCUT2D eigenvalue weighted by Gasteiger charge is 2.39. The van der Waals surface area contributed by atoms with Crippen LogP contribution >= 0.6 is 22.9 Å². The molecule has 9 nitrogen and oxygen atoms in total. The Balaban J connectivity index is 1.72. The fourth-order valence-corrected chi connectivity index (χ4v) is 4.01. The zero-order valence-corrected chi connectivity index (χ0v) is 18.1. The van der Waals surface area contributed by atoms with Crippen LogP contribution in [0.25, 0.3) is 0 Å². The van der Waals surface area contributed by atoms with Gasteiger partial charge in [-0.2, -0.15) is 5.26 Å². The molecule has 0 bridgehead atoms. The van der Waals surface area contributed by atoms with Crippen LogP contribution in [0.2, 0.25) is 4.34 Å². The number of amides is 2. The summed E-state index contributed by atoms with van der Waals surface area (Å²) in [4.78, 5) is 40.4. The normalized spacial score (nSPS) is 16.0. The highest BCUT2D eigenvalue weighted by molar-refractivity contribution is 7.17. The number of carbonyl (C=O) groups excluding carboxylic acids is 3. The first-order chi connectivity index (χ1) is 14.8. The second kappa shape index (κ2) is 9.68. The lowest BCUT2D eigenvalue weighted by atomic mass is 10.1. The van der Waals surface area contributed by atoms with E-state index in [0.717, 1.165) is 0 Å². The number of rotatable bonds is 6. The number of nitrogen functional groups attached to an aromatic ring is 1. The summed E-state index contributed by atoms with van der Waals surface area (Å²) in [5.74, 6) is -1.50. The van der Waals surface area contributed by atoms with Crippen molar-refractivity contribution in [2.24, 2.45) is 0 Å². The first-order valence-electron chi connectivity index (χ1n) is 9.14. The molecule has 0 aliphatic carbocycles. The van der Waals surface area contributed by atoms with Gasteiger partial charge in [-0.05, 0) is 29.8 Å². The van der Waals surface area contributed by atoms with Crippen LogP contribution in [-0.4, -0.2) is 60.4 Å². The third kappa shape index (κ3) is 5.25. The lowest BCUT2D eigenvalue weighted by Crippen LogP contribution is -2.60. The molecule has 0 saturated carbocycles. The maximum atomic E-state index is 12.8. The van der Waals surface area contributed by atoms with Gasteiger partial charge >= 0.3 is 5.97 Å². The number of carbonyl (C=O) groups is 3. The number of methoxy groups -OCH3 is 1. The van der Waals surface area contributed by atoms with Crippen molar-refractivity contribution in [2.45, 2.75) is 12.6 Å². The van der Waals surface area contributed by atoms with Gasteiger partial charge in [0.25, 0.3) is 5.91 Å². The van der Waals surface area contributed by atoms with Gasteiger partial charge in [0.2, 0.25) is 5.91 Å². The molecule has 1 aliphatic heterocycles. The van der Waals surface area contributed by atoms with Crippen molar-refractivity contribution in [1.29, 1.82) is 5.26 Å². The third-order valence-corrected chi connectivity index (χ3v) is 5.86. The topological polar surface area (TPSA) is 126 Å². The fraction of sp³-hybridized carbons (Fsp3) is 0.300. The molecule has 1 aromatic carbocycles. The van der Waals surface area contributed by atoms with Crippen molar-refractivity contribution in [2.75, 3.05) is 32.5 Å². The number of nitrogens with two attached hydrogens (primary N) is 1. The van der Waals surface area contributed by atoms with Gasteiger partial charge in [0.15, 0.2) is 11.7 Å². The van der Waals surface area contributed by atoms with Crippen molar-refractivity contribution in [3.8, 4) is 11.1 Å². The van der Waals surface area contributed by atoms with E-state index in [9.17, 15) is 14.4 Å². The van der Waals surface area contributed by atoms with E-state index in [1.807, 2.05) is 6.07 Å². The van der Waals surface area contributed by atoms with E-state index in [2.05, 4.69) is 0 Å². The molecule has 1 aliphatic rings. The van der Waals surface area contributed by atoms with Crippen molar-refractivity contribution < 1.29 is 23.9 Å². The minimum atomic E-state index is -0.983. The van der Waals surface area contributed by atoms with E-state index < -0.39 is 23.8 Å². The molecule has 162 valence electrons. The SMILES string of the molecule is COC(=O)C1CN(C(=O)COc2ccc(Cl)s2)CC(=O)N1Cc1ccc(C#N)c(N)c1. The van der Waals surface area contributed by atoms with E-state index in [4.69, 9.17) is 32.1 Å². The predicted molar refractivity (Wildman–Crippen MR) is 113 cm³/mol. The minimum Gasteiger partial charge on any atom is -0.474 e. The molecular formula is C20H19ClN4O5S. The number of hydrogen-bond donors (Lipinski definition) is 1. The van der Waals surface area contributed by atoms with E-state index in [0.29, 0.717) is 20.5 Å². The molecule has 2 aromatic rings. The molecule has 1 saturated heterocycles. The summed E-state index contributed by atoms with van der Waals surface area (Å²) in [5.41, 5.74) is 7.10. The second-order valence-electron chi connectivity index (χ2n) is 6.72. The quantitative estimate of drug-likeness (QED) is 0.510. The number of esters is 1. The Bertz CT molecular complexity index is 1050. The Morgan fingerprint density at radius 2 is 2.13 bits per heavy atom. The molecule has 1 atom stereocenters. The highest BCUT2D eigenvalue weighted by atomic mass is 35.5. The number of benzene rings is 1. The summed E-state index contributed by atoms with van der Waals surface area (Å²) in [7, 11) is 1.22.